The number of fused-ring (bicyclic) bond motifs is 1. The Morgan fingerprint density at radius 2 is 1.73 bits per heavy atom. The van der Waals surface area contributed by atoms with Crippen molar-refractivity contribution in [2.45, 2.75) is 26.7 Å². The highest BCUT2D eigenvalue weighted by atomic mass is 16.5. The highest BCUT2D eigenvalue weighted by Gasteiger charge is 2.17. The van der Waals surface area contributed by atoms with Gasteiger partial charge in [-0.1, -0.05) is 74.5 Å². The van der Waals surface area contributed by atoms with Crippen LogP contribution in [0, 0.1) is 5.41 Å². The predicted octanol–water partition coefficient (Wildman–Crippen LogP) is 6.23. The second-order valence-electron chi connectivity index (χ2n) is 7.56. The number of hydrogen-bond donors (Lipinski definition) is 1. The van der Waals surface area contributed by atoms with Gasteiger partial charge in [0.05, 0.1) is 7.11 Å². The van der Waals surface area contributed by atoms with Gasteiger partial charge in [-0.3, -0.25) is 0 Å². The van der Waals surface area contributed by atoms with Crippen molar-refractivity contribution in [1.29, 1.82) is 0 Å². The first-order valence-corrected chi connectivity index (χ1v) is 8.98. The number of aromatic hydroxyl groups is 1. The Hall–Kier alpha value is -2.74. The molecule has 0 amide bonds. The van der Waals surface area contributed by atoms with Crippen LogP contribution in [-0.2, 0) is 6.42 Å². The highest BCUT2D eigenvalue weighted by Crippen LogP contribution is 2.30. The van der Waals surface area contributed by atoms with Crippen LogP contribution in [-0.4, -0.2) is 12.2 Å². The summed E-state index contributed by atoms with van der Waals surface area (Å²) in [4.78, 5) is 0. The van der Waals surface area contributed by atoms with E-state index in [9.17, 15) is 5.11 Å². The Bertz CT molecular complexity index is 922. The Balaban J connectivity index is 1.67. The molecule has 26 heavy (non-hydrogen) atoms. The Morgan fingerprint density at radius 3 is 2.50 bits per heavy atom. The summed E-state index contributed by atoms with van der Waals surface area (Å²) in [5.41, 5.74) is 2.56. The average Bonchev–Trinajstić information content (AvgIpc) is 2.62. The van der Waals surface area contributed by atoms with E-state index in [1.165, 1.54) is 16.3 Å². The first kappa shape index (κ1) is 18.1. The molecule has 3 aromatic carbocycles. The summed E-state index contributed by atoms with van der Waals surface area (Å²) >= 11 is 0. The van der Waals surface area contributed by atoms with Crippen molar-refractivity contribution >= 4 is 16.8 Å². The summed E-state index contributed by atoms with van der Waals surface area (Å²) in [6.45, 7) is 4.59. The number of phenols is 1. The molecule has 0 radical (unpaired) electrons. The van der Waals surface area contributed by atoms with E-state index in [2.05, 4.69) is 68.5 Å². The van der Waals surface area contributed by atoms with Crippen molar-refractivity contribution in [2.24, 2.45) is 5.41 Å². The highest BCUT2D eigenvalue weighted by molar-refractivity contribution is 5.83. The zero-order valence-corrected chi connectivity index (χ0v) is 15.7. The van der Waals surface area contributed by atoms with Gasteiger partial charge in [0.1, 0.15) is 0 Å². The van der Waals surface area contributed by atoms with Gasteiger partial charge in [-0.2, -0.15) is 0 Å². The Kier molecular flexibility index (Phi) is 5.32. The number of allylic oxidation sites excluding steroid dienone is 1. The quantitative estimate of drug-likeness (QED) is 0.573. The number of ether oxygens (including phenoxy) is 1. The molecule has 1 N–H and O–H groups in total. The summed E-state index contributed by atoms with van der Waals surface area (Å²) in [7, 11) is 1.56. The van der Waals surface area contributed by atoms with Crippen LogP contribution in [0.25, 0.3) is 16.8 Å². The molecular formula is C24H26O2. The molecule has 3 rings (SSSR count). The molecule has 0 heterocycles. The molecule has 0 aromatic heterocycles. The summed E-state index contributed by atoms with van der Waals surface area (Å²) in [5.74, 6) is 0.670. The number of rotatable bonds is 6. The average molecular weight is 346 g/mol. The number of methoxy groups -OCH3 is 1. The van der Waals surface area contributed by atoms with Crippen LogP contribution >= 0.6 is 0 Å². The van der Waals surface area contributed by atoms with Crippen molar-refractivity contribution in [1.82, 2.24) is 0 Å². The standard InChI is InChI=1S/C24H26O2/c1-24(2,14-6-7-18-11-13-22(25)23(16-18)26-3)17-19-10-12-20-8-4-5-9-21(20)15-19/h4-13,15-16,25H,14,17H2,1-3H3/b7-6+. The number of hydrogen-bond acceptors (Lipinski definition) is 2. The lowest BCUT2D eigenvalue weighted by atomic mass is 9.82. The second kappa shape index (κ2) is 7.65. The fourth-order valence-electron chi connectivity index (χ4n) is 3.29. The molecule has 0 unspecified atom stereocenters. The third-order valence-corrected chi connectivity index (χ3v) is 4.68. The van der Waals surface area contributed by atoms with Crippen LogP contribution in [0.4, 0.5) is 0 Å². The normalized spacial score (nSPS) is 12.0. The zero-order chi connectivity index (χ0) is 18.6. The third kappa shape index (κ3) is 4.45. The van der Waals surface area contributed by atoms with Crippen molar-refractivity contribution in [2.75, 3.05) is 7.11 Å². The first-order valence-electron chi connectivity index (χ1n) is 8.98. The van der Waals surface area contributed by atoms with Gasteiger partial charge in [0.2, 0.25) is 0 Å². The zero-order valence-electron chi connectivity index (χ0n) is 15.7. The van der Waals surface area contributed by atoms with E-state index in [4.69, 9.17) is 4.74 Å². The van der Waals surface area contributed by atoms with Crippen LogP contribution in [0.3, 0.4) is 0 Å². The van der Waals surface area contributed by atoms with Crippen molar-refractivity contribution in [3.8, 4) is 11.5 Å². The van der Waals surface area contributed by atoms with Crippen molar-refractivity contribution < 1.29 is 9.84 Å². The lowest BCUT2D eigenvalue weighted by Crippen LogP contribution is -2.13. The van der Waals surface area contributed by atoms with Gasteiger partial charge in [-0.15, -0.1) is 0 Å². The van der Waals surface area contributed by atoms with Crippen molar-refractivity contribution in [3.63, 3.8) is 0 Å². The molecule has 0 saturated carbocycles. The van der Waals surface area contributed by atoms with Crippen LogP contribution in [0.2, 0.25) is 0 Å². The molecular weight excluding hydrogens is 320 g/mol. The SMILES string of the molecule is COc1cc(/C=C/CC(C)(C)Cc2ccc3ccccc3c2)ccc1O. The van der Waals surface area contributed by atoms with Gasteiger partial charge in [0.25, 0.3) is 0 Å². The fourth-order valence-corrected chi connectivity index (χ4v) is 3.29. The third-order valence-electron chi connectivity index (χ3n) is 4.68. The van der Waals surface area contributed by atoms with E-state index < -0.39 is 0 Å². The summed E-state index contributed by atoms with van der Waals surface area (Å²) in [5, 5.41) is 12.3. The molecule has 0 aliphatic rings. The Morgan fingerprint density at radius 1 is 0.962 bits per heavy atom. The molecule has 0 fully saturated rings. The van der Waals surface area contributed by atoms with E-state index in [0.29, 0.717) is 5.75 Å². The Labute approximate surface area is 155 Å². The minimum Gasteiger partial charge on any atom is -0.504 e. The molecule has 2 heteroatoms. The maximum Gasteiger partial charge on any atom is 0.161 e. The molecule has 0 saturated heterocycles. The largest absolute Gasteiger partial charge is 0.504 e. The molecule has 0 spiro atoms. The fraction of sp³-hybridized carbons (Fsp3) is 0.250. The van der Waals surface area contributed by atoms with Gasteiger partial charge in [-0.05, 0) is 52.3 Å². The van der Waals surface area contributed by atoms with Gasteiger partial charge >= 0.3 is 0 Å². The van der Waals surface area contributed by atoms with Gasteiger partial charge in [0.15, 0.2) is 11.5 Å². The number of phenolic OH excluding ortho intramolecular Hbond substituents is 1. The summed E-state index contributed by atoms with van der Waals surface area (Å²) in [6.07, 6.45) is 6.29. The predicted molar refractivity (Wildman–Crippen MR) is 110 cm³/mol. The maximum atomic E-state index is 9.68. The molecule has 0 aliphatic heterocycles. The van der Waals surface area contributed by atoms with E-state index in [-0.39, 0.29) is 11.2 Å². The van der Waals surface area contributed by atoms with Gasteiger partial charge in [0, 0.05) is 0 Å². The monoisotopic (exact) mass is 346 g/mol. The molecule has 0 bridgehead atoms. The number of benzene rings is 3. The summed E-state index contributed by atoms with van der Waals surface area (Å²) in [6, 6.07) is 20.6. The van der Waals surface area contributed by atoms with Crippen LogP contribution in [0.1, 0.15) is 31.4 Å². The lowest BCUT2D eigenvalue weighted by molar-refractivity contribution is 0.369. The second-order valence-corrected chi connectivity index (χ2v) is 7.56. The van der Waals surface area contributed by atoms with Crippen molar-refractivity contribution in [3.05, 3.63) is 77.9 Å². The van der Waals surface area contributed by atoms with E-state index in [1.54, 1.807) is 13.2 Å². The van der Waals surface area contributed by atoms with Gasteiger partial charge < -0.3 is 9.84 Å². The molecule has 0 aliphatic carbocycles. The van der Waals surface area contributed by atoms with E-state index in [1.807, 2.05) is 12.1 Å². The molecule has 134 valence electrons. The van der Waals surface area contributed by atoms with Crippen LogP contribution < -0.4 is 4.74 Å². The lowest BCUT2D eigenvalue weighted by Gasteiger charge is -2.23. The van der Waals surface area contributed by atoms with E-state index >= 15 is 0 Å². The molecule has 3 aromatic rings. The van der Waals surface area contributed by atoms with E-state index in [0.717, 1.165) is 18.4 Å². The minimum atomic E-state index is 0.167. The topological polar surface area (TPSA) is 29.5 Å². The maximum absolute atomic E-state index is 9.68. The minimum absolute atomic E-state index is 0.167. The molecule has 0 atom stereocenters. The molecule has 2 nitrogen and oxygen atoms in total. The summed E-state index contributed by atoms with van der Waals surface area (Å²) < 4.78 is 5.16. The van der Waals surface area contributed by atoms with Gasteiger partial charge in [-0.25, -0.2) is 0 Å². The van der Waals surface area contributed by atoms with Crippen LogP contribution in [0.15, 0.2) is 66.7 Å². The van der Waals surface area contributed by atoms with Crippen LogP contribution in [0.5, 0.6) is 11.5 Å². The first-order chi connectivity index (χ1) is 12.5. The smallest absolute Gasteiger partial charge is 0.161 e.